The van der Waals surface area contributed by atoms with E-state index in [1.807, 2.05) is 26.0 Å². The van der Waals surface area contributed by atoms with Gasteiger partial charge in [0, 0.05) is 18.0 Å². The fourth-order valence-corrected chi connectivity index (χ4v) is 4.16. The Morgan fingerprint density at radius 2 is 1.94 bits per heavy atom. The van der Waals surface area contributed by atoms with E-state index in [0.717, 1.165) is 11.3 Å². The van der Waals surface area contributed by atoms with Gasteiger partial charge in [-0.25, -0.2) is 4.98 Å². The average Bonchev–Trinajstić information content (AvgIpc) is 3.29. The van der Waals surface area contributed by atoms with Crippen molar-refractivity contribution in [1.82, 2.24) is 10.3 Å². The van der Waals surface area contributed by atoms with E-state index in [2.05, 4.69) is 21.7 Å². The lowest BCUT2D eigenvalue weighted by molar-refractivity contribution is -0.113. The zero-order chi connectivity index (χ0) is 23.9. The Balaban J connectivity index is 1.27. The van der Waals surface area contributed by atoms with Crippen LogP contribution in [0.5, 0.6) is 17.2 Å². The zero-order valence-corrected chi connectivity index (χ0v) is 19.7. The zero-order valence-electron chi connectivity index (χ0n) is 18.9. The minimum atomic E-state index is -0.268. The lowest BCUT2D eigenvalue weighted by atomic mass is 10.1. The summed E-state index contributed by atoms with van der Waals surface area (Å²) in [5.41, 5.74) is 3.24. The highest BCUT2D eigenvalue weighted by Crippen LogP contribution is 2.34. The van der Waals surface area contributed by atoms with Crippen molar-refractivity contribution in [1.29, 1.82) is 0 Å². The summed E-state index contributed by atoms with van der Waals surface area (Å²) >= 11 is 1.20. The number of aromatic nitrogens is 1. The molecular weight excluding hydrogens is 454 g/mol. The Labute approximate surface area is 202 Å². The molecule has 9 heteroatoms. The number of amides is 2. The first-order valence-corrected chi connectivity index (χ1v) is 11.7. The minimum absolute atomic E-state index is 0.0988. The predicted octanol–water partition coefficient (Wildman–Crippen LogP) is 3.97. The fraction of sp³-hybridized carbons (Fsp3) is 0.240. The maximum absolute atomic E-state index is 12.7. The van der Waals surface area contributed by atoms with Gasteiger partial charge in [-0.15, -0.1) is 0 Å². The quantitative estimate of drug-likeness (QED) is 0.354. The van der Waals surface area contributed by atoms with Gasteiger partial charge in [-0.05, 0) is 49.7 Å². The van der Waals surface area contributed by atoms with Gasteiger partial charge in [0.25, 0.3) is 5.91 Å². The van der Waals surface area contributed by atoms with Gasteiger partial charge in [0.05, 0.1) is 17.9 Å². The molecule has 0 saturated heterocycles. The number of nitrogens with zero attached hydrogens (tertiary/aromatic N) is 1. The van der Waals surface area contributed by atoms with Crippen LogP contribution < -0.4 is 24.8 Å². The van der Waals surface area contributed by atoms with Crippen LogP contribution in [-0.2, 0) is 4.79 Å². The number of carbonyl (C=O) groups excluding carboxylic acids is 2. The molecule has 0 spiro atoms. The molecule has 2 heterocycles. The van der Waals surface area contributed by atoms with Crippen LogP contribution in [0.15, 0.2) is 59.8 Å². The number of rotatable bonds is 9. The molecule has 0 fully saturated rings. The maximum Gasteiger partial charge on any atom is 0.254 e. The van der Waals surface area contributed by atoms with E-state index >= 15 is 0 Å². The fourth-order valence-electron chi connectivity index (χ4n) is 3.37. The maximum atomic E-state index is 12.7. The lowest BCUT2D eigenvalue weighted by Crippen LogP contribution is -2.28. The molecular formula is C25H25N3O5S. The molecule has 3 aromatic rings. The summed E-state index contributed by atoms with van der Waals surface area (Å²) in [5.74, 6) is 1.65. The molecule has 0 aliphatic carbocycles. The van der Waals surface area contributed by atoms with Gasteiger partial charge >= 0.3 is 0 Å². The molecule has 1 aromatic heterocycles. The second-order valence-corrected chi connectivity index (χ2v) is 8.60. The van der Waals surface area contributed by atoms with E-state index < -0.39 is 0 Å². The number of aryl methyl sites for hydroxylation is 2. The van der Waals surface area contributed by atoms with Gasteiger partial charge in [0.15, 0.2) is 11.5 Å². The summed E-state index contributed by atoms with van der Waals surface area (Å²) in [6.45, 7) is 4.88. The van der Waals surface area contributed by atoms with Crippen molar-refractivity contribution in [2.75, 3.05) is 31.0 Å². The largest absolute Gasteiger partial charge is 0.491 e. The normalized spacial score (nSPS) is 11.7. The Bertz CT molecular complexity index is 1200. The third-order valence-corrected chi connectivity index (χ3v) is 5.99. The number of thioether (sulfide) groups is 1. The number of anilines is 1. The van der Waals surface area contributed by atoms with Crippen LogP contribution in [0.1, 0.15) is 21.5 Å². The standard InChI is InChI=1S/C25H25N3O5S/c1-16-5-7-20(17(2)12-16)31-11-10-26-24(30)19-4-3-9-27-25(19)34-14-23(29)28-18-6-8-21-22(13-18)33-15-32-21/h3-9,12-13H,10-11,14-15H2,1-2H3,(H,26,30)(H,28,29). The molecule has 0 unspecified atom stereocenters. The molecule has 0 saturated carbocycles. The van der Waals surface area contributed by atoms with Crippen molar-refractivity contribution in [2.45, 2.75) is 18.9 Å². The van der Waals surface area contributed by atoms with Gasteiger partial charge in [-0.1, -0.05) is 29.5 Å². The first kappa shape index (κ1) is 23.4. The van der Waals surface area contributed by atoms with Gasteiger partial charge in [0.2, 0.25) is 12.7 Å². The van der Waals surface area contributed by atoms with E-state index in [4.69, 9.17) is 14.2 Å². The van der Waals surface area contributed by atoms with Crippen LogP contribution in [0.2, 0.25) is 0 Å². The third kappa shape index (κ3) is 5.99. The number of hydrogen-bond donors (Lipinski definition) is 2. The molecule has 0 bridgehead atoms. The smallest absolute Gasteiger partial charge is 0.254 e. The third-order valence-electron chi connectivity index (χ3n) is 4.99. The SMILES string of the molecule is Cc1ccc(OCCNC(=O)c2cccnc2SCC(=O)Nc2ccc3c(c2)OCO3)c(C)c1. The number of fused-ring (bicyclic) bond motifs is 1. The molecule has 1 aliphatic rings. The summed E-state index contributed by atoms with van der Waals surface area (Å²) in [5, 5.41) is 6.15. The van der Waals surface area contributed by atoms with Crippen molar-refractivity contribution >= 4 is 29.3 Å². The highest BCUT2D eigenvalue weighted by Gasteiger charge is 2.16. The van der Waals surface area contributed by atoms with Gasteiger partial charge in [-0.3, -0.25) is 9.59 Å². The molecule has 0 atom stereocenters. The highest BCUT2D eigenvalue weighted by molar-refractivity contribution is 8.00. The monoisotopic (exact) mass is 479 g/mol. The van der Waals surface area contributed by atoms with E-state index in [1.54, 1.807) is 36.5 Å². The summed E-state index contributed by atoms with van der Waals surface area (Å²) in [6, 6.07) is 14.6. The average molecular weight is 480 g/mol. The molecule has 176 valence electrons. The van der Waals surface area contributed by atoms with Crippen LogP contribution in [0.25, 0.3) is 0 Å². The van der Waals surface area contributed by atoms with E-state index in [1.165, 1.54) is 17.3 Å². The number of pyridine rings is 1. The molecule has 0 radical (unpaired) electrons. The van der Waals surface area contributed by atoms with Gasteiger partial charge in [-0.2, -0.15) is 0 Å². The molecule has 1 aliphatic heterocycles. The Kier molecular flexibility index (Phi) is 7.54. The molecule has 8 nitrogen and oxygen atoms in total. The Morgan fingerprint density at radius 3 is 2.79 bits per heavy atom. The topological polar surface area (TPSA) is 98.8 Å². The number of benzene rings is 2. The predicted molar refractivity (Wildman–Crippen MR) is 130 cm³/mol. The van der Waals surface area contributed by atoms with E-state index in [9.17, 15) is 9.59 Å². The van der Waals surface area contributed by atoms with Gasteiger partial charge in [0.1, 0.15) is 17.4 Å². The summed E-state index contributed by atoms with van der Waals surface area (Å²) in [4.78, 5) is 29.4. The van der Waals surface area contributed by atoms with Crippen LogP contribution in [0.3, 0.4) is 0 Å². The molecule has 4 rings (SSSR count). The van der Waals surface area contributed by atoms with E-state index in [0.29, 0.717) is 40.9 Å². The number of ether oxygens (including phenoxy) is 3. The molecule has 2 amide bonds. The van der Waals surface area contributed by atoms with Crippen molar-refractivity contribution in [2.24, 2.45) is 0 Å². The highest BCUT2D eigenvalue weighted by atomic mass is 32.2. The van der Waals surface area contributed by atoms with E-state index in [-0.39, 0.29) is 24.4 Å². The molecule has 34 heavy (non-hydrogen) atoms. The van der Waals surface area contributed by atoms with Crippen molar-refractivity contribution in [3.8, 4) is 17.2 Å². The number of hydrogen-bond acceptors (Lipinski definition) is 7. The molecule has 2 aromatic carbocycles. The number of carbonyl (C=O) groups is 2. The minimum Gasteiger partial charge on any atom is -0.491 e. The lowest BCUT2D eigenvalue weighted by Gasteiger charge is -2.12. The molecule has 2 N–H and O–H groups in total. The second kappa shape index (κ2) is 10.9. The van der Waals surface area contributed by atoms with Crippen molar-refractivity contribution in [3.63, 3.8) is 0 Å². The van der Waals surface area contributed by atoms with Crippen LogP contribution in [0, 0.1) is 13.8 Å². The Morgan fingerprint density at radius 1 is 1.09 bits per heavy atom. The van der Waals surface area contributed by atoms with Crippen molar-refractivity contribution in [3.05, 3.63) is 71.4 Å². The van der Waals surface area contributed by atoms with Crippen LogP contribution in [-0.4, -0.2) is 42.5 Å². The van der Waals surface area contributed by atoms with Crippen LogP contribution >= 0.6 is 11.8 Å². The summed E-state index contributed by atoms with van der Waals surface area (Å²) in [7, 11) is 0. The first-order chi connectivity index (χ1) is 16.5. The first-order valence-electron chi connectivity index (χ1n) is 10.7. The second-order valence-electron chi connectivity index (χ2n) is 7.63. The van der Waals surface area contributed by atoms with Crippen molar-refractivity contribution < 1.29 is 23.8 Å². The van der Waals surface area contributed by atoms with Crippen LogP contribution in [0.4, 0.5) is 5.69 Å². The Hall–Kier alpha value is -3.72. The number of nitrogens with one attached hydrogen (secondary N) is 2. The summed E-state index contributed by atoms with van der Waals surface area (Å²) < 4.78 is 16.4. The van der Waals surface area contributed by atoms with Gasteiger partial charge < -0.3 is 24.8 Å². The summed E-state index contributed by atoms with van der Waals surface area (Å²) in [6.07, 6.45) is 1.60.